The lowest BCUT2D eigenvalue weighted by Gasteiger charge is -2.09. The largest absolute Gasteiger partial charge is 0.488 e. The van der Waals surface area contributed by atoms with E-state index in [1.807, 2.05) is 36.4 Å². The average molecular weight is 267 g/mol. The third kappa shape index (κ3) is 2.36. The number of carboxylic acid groups (broad SMARTS) is 1. The number of carboxylic acids is 1. The minimum absolute atomic E-state index is 0.174. The molecular formula is C16H13NO3. The molecule has 20 heavy (non-hydrogen) atoms. The van der Waals surface area contributed by atoms with E-state index < -0.39 is 5.97 Å². The van der Waals surface area contributed by atoms with Gasteiger partial charge in [-0.25, -0.2) is 4.79 Å². The first kappa shape index (κ1) is 12.3. The number of carbonyl (C=O) groups is 1. The van der Waals surface area contributed by atoms with Crippen molar-refractivity contribution >= 4 is 16.9 Å². The topological polar surface area (TPSA) is 62.3 Å². The Hall–Kier alpha value is -2.75. The van der Waals surface area contributed by atoms with Crippen LogP contribution in [-0.2, 0) is 6.61 Å². The fourth-order valence-corrected chi connectivity index (χ4v) is 2.10. The maximum Gasteiger partial charge on any atom is 0.339 e. The van der Waals surface area contributed by atoms with Gasteiger partial charge in [0.2, 0.25) is 0 Å². The number of rotatable bonds is 4. The van der Waals surface area contributed by atoms with Gasteiger partial charge in [-0.3, -0.25) is 0 Å². The molecule has 3 aromatic rings. The van der Waals surface area contributed by atoms with Crippen LogP contribution < -0.4 is 4.74 Å². The van der Waals surface area contributed by atoms with Crippen molar-refractivity contribution in [1.82, 2.24) is 4.98 Å². The van der Waals surface area contributed by atoms with Crippen LogP contribution in [0.3, 0.4) is 0 Å². The molecule has 4 nitrogen and oxygen atoms in total. The van der Waals surface area contributed by atoms with Gasteiger partial charge < -0.3 is 14.8 Å². The van der Waals surface area contributed by atoms with E-state index in [1.165, 1.54) is 0 Å². The van der Waals surface area contributed by atoms with Crippen LogP contribution in [-0.4, -0.2) is 16.1 Å². The van der Waals surface area contributed by atoms with Crippen LogP contribution in [0.4, 0.5) is 0 Å². The summed E-state index contributed by atoms with van der Waals surface area (Å²) in [5.41, 5.74) is 2.03. The summed E-state index contributed by atoms with van der Waals surface area (Å²) >= 11 is 0. The van der Waals surface area contributed by atoms with E-state index in [9.17, 15) is 9.90 Å². The van der Waals surface area contributed by atoms with E-state index in [1.54, 1.807) is 18.3 Å². The number of aromatic amines is 1. The Bertz CT molecular complexity index is 747. The smallest absolute Gasteiger partial charge is 0.339 e. The highest BCUT2D eigenvalue weighted by atomic mass is 16.5. The summed E-state index contributed by atoms with van der Waals surface area (Å²) in [5.74, 6) is -0.618. The summed E-state index contributed by atoms with van der Waals surface area (Å²) in [7, 11) is 0. The van der Waals surface area contributed by atoms with Gasteiger partial charge in [0.15, 0.2) is 0 Å². The van der Waals surface area contributed by atoms with Gasteiger partial charge in [-0.1, -0.05) is 30.3 Å². The molecule has 0 aliphatic carbocycles. The van der Waals surface area contributed by atoms with Gasteiger partial charge in [-0.05, 0) is 17.7 Å². The van der Waals surface area contributed by atoms with Crippen LogP contribution in [0.1, 0.15) is 15.9 Å². The van der Waals surface area contributed by atoms with Crippen molar-refractivity contribution in [2.45, 2.75) is 6.61 Å². The maximum atomic E-state index is 11.3. The molecule has 0 radical (unpaired) electrons. The molecule has 0 bridgehead atoms. The third-order valence-electron chi connectivity index (χ3n) is 3.12. The molecule has 0 aliphatic heterocycles. The Morgan fingerprint density at radius 2 is 1.95 bits per heavy atom. The van der Waals surface area contributed by atoms with Gasteiger partial charge in [0, 0.05) is 23.2 Å². The van der Waals surface area contributed by atoms with Gasteiger partial charge in [0.1, 0.15) is 17.9 Å². The molecular weight excluding hydrogens is 254 g/mol. The zero-order valence-electron chi connectivity index (χ0n) is 10.7. The number of nitrogens with one attached hydrogen (secondary N) is 1. The minimum Gasteiger partial charge on any atom is -0.488 e. The molecule has 0 unspecified atom stereocenters. The van der Waals surface area contributed by atoms with Crippen molar-refractivity contribution < 1.29 is 14.6 Å². The molecule has 0 aliphatic rings. The summed E-state index contributed by atoms with van der Waals surface area (Å²) in [6.07, 6.45) is 1.78. The number of ether oxygens (including phenoxy) is 1. The highest BCUT2D eigenvalue weighted by Crippen LogP contribution is 2.26. The minimum atomic E-state index is -0.990. The van der Waals surface area contributed by atoms with E-state index in [0.29, 0.717) is 12.4 Å². The number of aromatic carboxylic acids is 1. The van der Waals surface area contributed by atoms with Crippen molar-refractivity contribution in [3.05, 3.63) is 65.9 Å². The van der Waals surface area contributed by atoms with Gasteiger partial charge in [0.25, 0.3) is 0 Å². The number of H-pyrrole nitrogens is 1. The van der Waals surface area contributed by atoms with Crippen molar-refractivity contribution in [1.29, 1.82) is 0 Å². The Balaban J connectivity index is 1.92. The summed E-state index contributed by atoms with van der Waals surface area (Å²) < 4.78 is 5.66. The molecule has 0 fully saturated rings. The molecule has 2 N–H and O–H groups in total. The Labute approximate surface area is 115 Å². The molecule has 3 rings (SSSR count). The average Bonchev–Trinajstić information content (AvgIpc) is 2.92. The van der Waals surface area contributed by atoms with E-state index >= 15 is 0 Å². The third-order valence-corrected chi connectivity index (χ3v) is 3.12. The normalized spacial score (nSPS) is 10.6. The molecule has 4 heteroatoms. The molecule has 1 heterocycles. The van der Waals surface area contributed by atoms with Crippen LogP contribution in [0.5, 0.6) is 5.75 Å². The first-order valence-electron chi connectivity index (χ1n) is 6.25. The lowest BCUT2D eigenvalue weighted by molar-refractivity contribution is 0.0692. The summed E-state index contributed by atoms with van der Waals surface area (Å²) in [6, 6.07) is 14.8. The number of fused-ring (bicyclic) bond motifs is 1. The SMILES string of the molecule is O=C(O)c1cc2cc[nH]c2cc1OCc1ccccc1. The maximum absolute atomic E-state index is 11.3. The zero-order chi connectivity index (χ0) is 13.9. The quantitative estimate of drug-likeness (QED) is 0.761. The predicted octanol–water partition coefficient (Wildman–Crippen LogP) is 3.45. The van der Waals surface area contributed by atoms with Crippen LogP contribution in [0, 0.1) is 0 Å². The number of hydrogen-bond acceptors (Lipinski definition) is 2. The molecule has 0 saturated carbocycles. The van der Waals surface area contributed by atoms with Crippen molar-refractivity contribution in [3.63, 3.8) is 0 Å². The van der Waals surface area contributed by atoms with Crippen molar-refractivity contribution in [3.8, 4) is 5.75 Å². The van der Waals surface area contributed by atoms with Crippen LogP contribution in [0.15, 0.2) is 54.7 Å². The second kappa shape index (κ2) is 5.09. The second-order valence-corrected chi connectivity index (χ2v) is 4.49. The predicted molar refractivity (Wildman–Crippen MR) is 76.0 cm³/mol. The fourth-order valence-electron chi connectivity index (χ4n) is 2.10. The Morgan fingerprint density at radius 3 is 2.70 bits per heavy atom. The lowest BCUT2D eigenvalue weighted by Crippen LogP contribution is -2.03. The highest BCUT2D eigenvalue weighted by molar-refractivity contribution is 5.96. The molecule has 100 valence electrons. The second-order valence-electron chi connectivity index (χ2n) is 4.49. The monoisotopic (exact) mass is 267 g/mol. The van der Waals surface area contributed by atoms with Gasteiger partial charge >= 0.3 is 5.97 Å². The number of aromatic nitrogens is 1. The Kier molecular flexibility index (Phi) is 3.13. The summed E-state index contributed by atoms with van der Waals surface area (Å²) in [6.45, 7) is 0.341. The molecule has 0 saturated heterocycles. The standard InChI is InChI=1S/C16H13NO3/c18-16(19)13-8-12-6-7-17-14(12)9-15(13)20-10-11-4-2-1-3-5-11/h1-9,17H,10H2,(H,18,19). The van der Waals surface area contributed by atoms with E-state index in [2.05, 4.69) is 4.98 Å². The van der Waals surface area contributed by atoms with Gasteiger partial charge in [-0.15, -0.1) is 0 Å². The Morgan fingerprint density at radius 1 is 1.15 bits per heavy atom. The molecule has 0 amide bonds. The number of benzene rings is 2. The molecule has 1 aromatic heterocycles. The molecule has 2 aromatic carbocycles. The highest BCUT2D eigenvalue weighted by Gasteiger charge is 2.13. The van der Waals surface area contributed by atoms with Gasteiger partial charge in [-0.2, -0.15) is 0 Å². The summed E-state index contributed by atoms with van der Waals surface area (Å²) in [5, 5.41) is 10.1. The molecule has 0 spiro atoms. The van der Waals surface area contributed by atoms with E-state index in [4.69, 9.17) is 4.74 Å². The van der Waals surface area contributed by atoms with E-state index in [-0.39, 0.29) is 5.56 Å². The van der Waals surface area contributed by atoms with Gasteiger partial charge in [0.05, 0.1) is 0 Å². The zero-order valence-corrected chi connectivity index (χ0v) is 10.7. The van der Waals surface area contributed by atoms with Crippen LogP contribution in [0.2, 0.25) is 0 Å². The first-order valence-corrected chi connectivity index (χ1v) is 6.25. The van der Waals surface area contributed by atoms with E-state index in [0.717, 1.165) is 16.5 Å². The number of hydrogen-bond donors (Lipinski definition) is 2. The van der Waals surface area contributed by atoms with Crippen molar-refractivity contribution in [2.24, 2.45) is 0 Å². The lowest BCUT2D eigenvalue weighted by atomic mass is 10.1. The van der Waals surface area contributed by atoms with Crippen LogP contribution in [0.25, 0.3) is 10.9 Å². The fraction of sp³-hybridized carbons (Fsp3) is 0.0625. The summed E-state index contributed by atoms with van der Waals surface area (Å²) in [4.78, 5) is 14.4. The van der Waals surface area contributed by atoms with Crippen molar-refractivity contribution in [2.75, 3.05) is 0 Å². The first-order chi connectivity index (χ1) is 9.74. The molecule has 0 atom stereocenters. The van der Waals surface area contributed by atoms with Crippen LogP contribution >= 0.6 is 0 Å².